The maximum atomic E-state index is 12.2. The summed E-state index contributed by atoms with van der Waals surface area (Å²) in [5.74, 6) is 0. The van der Waals surface area contributed by atoms with E-state index in [1.165, 1.54) is 6.07 Å². The Morgan fingerprint density at radius 1 is 1.25 bits per heavy atom. The molecule has 0 aliphatic carbocycles. The fourth-order valence-corrected chi connectivity index (χ4v) is 2.59. The summed E-state index contributed by atoms with van der Waals surface area (Å²) in [6, 6.07) is 4.72. The molecule has 0 radical (unpaired) electrons. The lowest BCUT2D eigenvalue weighted by molar-refractivity contribution is -0.383. The van der Waals surface area contributed by atoms with Gasteiger partial charge in [-0.3, -0.25) is 10.1 Å². The molecule has 0 spiro atoms. The Bertz CT molecular complexity index is 627. The molecular formula is C16H24N4O4. The quantitative estimate of drug-likeness (QED) is 0.506. The molecule has 0 unspecified atom stereocenters. The number of carbonyl (C=O) groups excluding carboxylic acids is 1. The summed E-state index contributed by atoms with van der Waals surface area (Å²) in [5, 5.41) is 10.9. The molecule has 1 fully saturated rings. The highest BCUT2D eigenvalue weighted by Gasteiger charge is 2.25. The largest absolute Gasteiger partial charge is 0.444 e. The van der Waals surface area contributed by atoms with Gasteiger partial charge in [-0.15, -0.1) is 0 Å². The van der Waals surface area contributed by atoms with E-state index < -0.39 is 10.5 Å². The normalized spacial score (nSPS) is 15.8. The second-order valence-electron chi connectivity index (χ2n) is 6.81. The molecule has 8 heteroatoms. The van der Waals surface area contributed by atoms with E-state index in [1.54, 1.807) is 17.0 Å². The third kappa shape index (κ3) is 4.50. The minimum atomic E-state index is -0.518. The summed E-state index contributed by atoms with van der Waals surface area (Å²) >= 11 is 0. The van der Waals surface area contributed by atoms with E-state index >= 15 is 0 Å². The standard InChI is InChI=1S/C16H24N4O4/c1-16(2,3)24-15(21)19-8-4-7-18(9-10-19)12-5-6-14(20(22)23)13(17)11-12/h5-6,11H,4,7-10,17H2,1-3H3. The lowest BCUT2D eigenvalue weighted by Crippen LogP contribution is -2.39. The average molecular weight is 336 g/mol. The van der Waals surface area contributed by atoms with Gasteiger partial charge in [-0.1, -0.05) is 0 Å². The molecule has 1 aromatic carbocycles. The van der Waals surface area contributed by atoms with Crippen LogP contribution in [0, 0.1) is 10.1 Å². The number of nitro groups is 1. The summed E-state index contributed by atoms with van der Waals surface area (Å²) in [4.78, 5) is 26.3. The number of carbonyl (C=O) groups is 1. The summed E-state index contributed by atoms with van der Waals surface area (Å²) in [6.07, 6.45) is 0.475. The van der Waals surface area contributed by atoms with Crippen molar-refractivity contribution in [1.29, 1.82) is 0 Å². The van der Waals surface area contributed by atoms with E-state index in [2.05, 4.69) is 4.90 Å². The number of nitrogens with two attached hydrogens (primary N) is 1. The smallest absolute Gasteiger partial charge is 0.410 e. The molecule has 8 nitrogen and oxygen atoms in total. The van der Waals surface area contributed by atoms with Crippen molar-refractivity contribution < 1.29 is 14.5 Å². The third-order valence-electron chi connectivity index (χ3n) is 3.72. The molecule has 1 aliphatic heterocycles. The van der Waals surface area contributed by atoms with Crippen molar-refractivity contribution in [3.8, 4) is 0 Å². The van der Waals surface area contributed by atoms with Crippen molar-refractivity contribution in [3.63, 3.8) is 0 Å². The molecule has 1 amide bonds. The van der Waals surface area contributed by atoms with Crippen molar-refractivity contribution in [2.45, 2.75) is 32.8 Å². The Morgan fingerprint density at radius 3 is 2.54 bits per heavy atom. The predicted octanol–water partition coefficient (Wildman–Crippen LogP) is 2.62. The molecule has 2 rings (SSSR count). The van der Waals surface area contributed by atoms with E-state index in [1.807, 2.05) is 20.8 Å². The molecule has 1 saturated heterocycles. The van der Waals surface area contributed by atoms with E-state index in [-0.39, 0.29) is 17.5 Å². The van der Waals surface area contributed by atoms with Crippen LogP contribution in [0.25, 0.3) is 0 Å². The van der Waals surface area contributed by atoms with Gasteiger partial charge in [-0.25, -0.2) is 4.79 Å². The topological polar surface area (TPSA) is 102 Å². The van der Waals surface area contributed by atoms with Crippen LogP contribution < -0.4 is 10.6 Å². The van der Waals surface area contributed by atoms with Gasteiger partial charge in [0.15, 0.2) is 0 Å². The zero-order valence-electron chi connectivity index (χ0n) is 14.3. The molecule has 24 heavy (non-hydrogen) atoms. The number of nitrogen functional groups attached to an aromatic ring is 1. The molecule has 0 atom stereocenters. The van der Waals surface area contributed by atoms with E-state index in [0.717, 1.165) is 18.7 Å². The average Bonchev–Trinajstić information content (AvgIpc) is 2.70. The number of nitrogens with zero attached hydrogens (tertiary/aromatic N) is 3. The van der Waals surface area contributed by atoms with E-state index in [9.17, 15) is 14.9 Å². The molecule has 0 bridgehead atoms. The molecule has 0 saturated carbocycles. The lowest BCUT2D eigenvalue weighted by atomic mass is 10.2. The number of ether oxygens (including phenoxy) is 1. The first kappa shape index (κ1) is 17.8. The van der Waals surface area contributed by atoms with Gasteiger partial charge in [0.1, 0.15) is 11.3 Å². The molecule has 1 aromatic rings. The fraction of sp³-hybridized carbons (Fsp3) is 0.562. The number of benzene rings is 1. The number of amides is 1. The van der Waals surface area contributed by atoms with Gasteiger partial charge in [0.2, 0.25) is 0 Å². The zero-order chi connectivity index (χ0) is 17.9. The Hall–Kier alpha value is -2.51. The SMILES string of the molecule is CC(C)(C)OC(=O)N1CCCN(c2ccc([N+](=O)[O-])c(N)c2)CC1. The summed E-state index contributed by atoms with van der Waals surface area (Å²) < 4.78 is 5.41. The van der Waals surface area contributed by atoms with Crippen molar-refractivity contribution in [2.24, 2.45) is 0 Å². The van der Waals surface area contributed by atoms with Crippen LogP contribution >= 0.6 is 0 Å². The van der Waals surface area contributed by atoms with Crippen LogP contribution in [0.3, 0.4) is 0 Å². The van der Waals surface area contributed by atoms with Crippen LogP contribution in [0.15, 0.2) is 18.2 Å². The molecule has 1 aliphatic rings. The molecule has 2 N–H and O–H groups in total. The first-order chi connectivity index (χ1) is 11.2. The first-order valence-corrected chi connectivity index (χ1v) is 7.94. The van der Waals surface area contributed by atoms with Crippen LogP contribution in [0.4, 0.5) is 21.9 Å². The van der Waals surface area contributed by atoms with Gasteiger partial charge in [-0.05, 0) is 39.3 Å². The van der Waals surface area contributed by atoms with Gasteiger partial charge < -0.3 is 20.3 Å². The van der Waals surface area contributed by atoms with E-state index in [0.29, 0.717) is 19.6 Å². The van der Waals surface area contributed by atoms with Gasteiger partial charge in [0.25, 0.3) is 5.69 Å². The second kappa shape index (κ2) is 6.94. The Labute approximate surface area is 141 Å². The number of anilines is 2. The van der Waals surface area contributed by atoms with E-state index in [4.69, 9.17) is 10.5 Å². The molecule has 132 valence electrons. The highest BCUT2D eigenvalue weighted by molar-refractivity contribution is 5.69. The first-order valence-electron chi connectivity index (χ1n) is 7.94. The maximum absolute atomic E-state index is 12.2. The van der Waals surface area contributed by atoms with Crippen molar-refractivity contribution >= 4 is 23.2 Å². The summed E-state index contributed by atoms with van der Waals surface area (Å²) in [5.41, 5.74) is 6.12. The second-order valence-corrected chi connectivity index (χ2v) is 6.81. The third-order valence-corrected chi connectivity index (χ3v) is 3.72. The fourth-order valence-electron chi connectivity index (χ4n) is 2.59. The van der Waals surface area contributed by atoms with Crippen molar-refractivity contribution in [2.75, 3.05) is 36.8 Å². The monoisotopic (exact) mass is 336 g/mol. The molecule has 0 aromatic heterocycles. The van der Waals surface area contributed by atoms with Crippen LogP contribution in [0.5, 0.6) is 0 Å². The maximum Gasteiger partial charge on any atom is 0.410 e. The number of rotatable bonds is 2. The van der Waals surface area contributed by atoms with Gasteiger partial charge >= 0.3 is 6.09 Å². The number of hydrogen-bond donors (Lipinski definition) is 1. The number of nitro benzene ring substituents is 1. The zero-order valence-corrected chi connectivity index (χ0v) is 14.3. The highest BCUT2D eigenvalue weighted by Crippen LogP contribution is 2.27. The van der Waals surface area contributed by atoms with Crippen molar-refractivity contribution in [3.05, 3.63) is 28.3 Å². The van der Waals surface area contributed by atoms with Crippen LogP contribution in [0.1, 0.15) is 27.2 Å². The van der Waals surface area contributed by atoms with Crippen molar-refractivity contribution in [1.82, 2.24) is 4.90 Å². The molecule has 1 heterocycles. The highest BCUT2D eigenvalue weighted by atomic mass is 16.6. The Kier molecular flexibility index (Phi) is 5.16. The van der Waals surface area contributed by atoms with Crippen LogP contribution in [0.2, 0.25) is 0 Å². The number of hydrogen-bond acceptors (Lipinski definition) is 6. The van der Waals surface area contributed by atoms with Crippen LogP contribution in [-0.2, 0) is 4.74 Å². The minimum absolute atomic E-state index is 0.0936. The molecular weight excluding hydrogens is 312 g/mol. The Balaban J connectivity index is 2.04. The minimum Gasteiger partial charge on any atom is -0.444 e. The Morgan fingerprint density at radius 2 is 1.96 bits per heavy atom. The van der Waals surface area contributed by atoms with Gasteiger partial charge in [0, 0.05) is 37.9 Å². The van der Waals surface area contributed by atoms with Gasteiger partial charge in [-0.2, -0.15) is 0 Å². The summed E-state index contributed by atoms with van der Waals surface area (Å²) in [7, 11) is 0. The predicted molar refractivity (Wildman–Crippen MR) is 92.1 cm³/mol. The summed E-state index contributed by atoms with van der Waals surface area (Å²) in [6.45, 7) is 8.05. The van der Waals surface area contributed by atoms with Crippen LogP contribution in [-0.4, -0.2) is 47.7 Å². The lowest BCUT2D eigenvalue weighted by Gasteiger charge is -2.27. The van der Waals surface area contributed by atoms with Gasteiger partial charge in [0.05, 0.1) is 4.92 Å².